The van der Waals surface area contributed by atoms with Crippen LogP contribution in [0.4, 0.5) is 0 Å². The highest BCUT2D eigenvalue weighted by atomic mass is 16.3. The van der Waals surface area contributed by atoms with E-state index in [9.17, 15) is 5.11 Å². The zero-order valence-corrected chi connectivity index (χ0v) is 8.64. The minimum atomic E-state index is 0.0474. The van der Waals surface area contributed by atoms with Crippen LogP contribution >= 0.6 is 0 Å². The van der Waals surface area contributed by atoms with Crippen LogP contribution in [-0.4, -0.2) is 10.1 Å². The third-order valence-electron chi connectivity index (χ3n) is 2.41. The van der Waals surface area contributed by atoms with Gasteiger partial charge in [-0.2, -0.15) is 0 Å². The fourth-order valence-electron chi connectivity index (χ4n) is 1.63. The highest BCUT2D eigenvalue weighted by molar-refractivity contribution is 5.66. The normalized spacial score (nSPS) is 10.3. The molecule has 1 heterocycles. The van der Waals surface area contributed by atoms with Crippen LogP contribution in [-0.2, 0) is 6.61 Å². The predicted molar refractivity (Wildman–Crippen MR) is 60.3 cm³/mol. The molecule has 2 rings (SSSR count). The summed E-state index contributed by atoms with van der Waals surface area (Å²) >= 11 is 0. The smallest absolute Gasteiger partial charge is 0.0689 e. The Morgan fingerprint density at radius 2 is 2.13 bits per heavy atom. The molecule has 0 spiro atoms. The van der Waals surface area contributed by atoms with Gasteiger partial charge in [0.05, 0.1) is 6.61 Å². The van der Waals surface area contributed by atoms with Gasteiger partial charge in [0, 0.05) is 18.0 Å². The van der Waals surface area contributed by atoms with E-state index in [1.165, 1.54) is 5.56 Å². The van der Waals surface area contributed by atoms with Gasteiger partial charge in [0.1, 0.15) is 0 Å². The maximum Gasteiger partial charge on any atom is 0.0689 e. The van der Waals surface area contributed by atoms with Gasteiger partial charge < -0.3 is 5.11 Å². The highest BCUT2D eigenvalue weighted by Gasteiger charge is 2.03. The molecule has 2 heteroatoms. The molecular weight excluding hydrogens is 186 g/mol. The molecule has 0 fully saturated rings. The number of aliphatic hydroxyl groups is 1. The summed E-state index contributed by atoms with van der Waals surface area (Å²) in [6.45, 7) is 2.10. The molecule has 1 N–H and O–H groups in total. The monoisotopic (exact) mass is 199 g/mol. The molecule has 0 amide bonds. The summed E-state index contributed by atoms with van der Waals surface area (Å²) in [5, 5.41) is 9.22. The highest BCUT2D eigenvalue weighted by Crippen LogP contribution is 2.23. The standard InChI is InChI=1S/C13H13NO/c1-10-3-2-4-11(7-10)13-8-14-6-5-12(13)9-15/h2-8,15H,9H2,1H3. The first-order valence-electron chi connectivity index (χ1n) is 4.92. The van der Waals surface area contributed by atoms with Gasteiger partial charge in [0.25, 0.3) is 0 Å². The van der Waals surface area contributed by atoms with E-state index in [0.717, 1.165) is 16.7 Å². The Kier molecular flexibility index (Phi) is 2.79. The number of hydrogen-bond donors (Lipinski definition) is 1. The summed E-state index contributed by atoms with van der Waals surface area (Å²) in [5.74, 6) is 0. The third-order valence-corrected chi connectivity index (χ3v) is 2.41. The number of aliphatic hydroxyl groups excluding tert-OH is 1. The average Bonchev–Trinajstić information content (AvgIpc) is 2.29. The van der Waals surface area contributed by atoms with Crippen molar-refractivity contribution < 1.29 is 5.11 Å². The molecule has 2 nitrogen and oxygen atoms in total. The van der Waals surface area contributed by atoms with Crippen molar-refractivity contribution in [1.29, 1.82) is 0 Å². The minimum absolute atomic E-state index is 0.0474. The largest absolute Gasteiger partial charge is 0.392 e. The summed E-state index contributed by atoms with van der Waals surface area (Å²) in [6, 6.07) is 10.0. The Balaban J connectivity index is 2.53. The van der Waals surface area contributed by atoms with E-state index in [4.69, 9.17) is 0 Å². The first kappa shape index (κ1) is 9.87. The van der Waals surface area contributed by atoms with Crippen molar-refractivity contribution in [2.45, 2.75) is 13.5 Å². The molecule has 1 aromatic carbocycles. The van der Waals surface area contributed by atoms with Crippen molar-refractivity contribution in [3.8, 4) is 11.1 Å². The van der Waals surface area contributed by atoms with E-state index in [-0.39, 0.29) is 6.61 Å². The lowest BCUT2D eigenvalue weighted by Gasteiger charge is -2.07. The van der Waals surface area contributed by atoms with Crippen LogP contribution in [0.15, 0.2) is 42.7 Å². The van der Waals surface area contributed by atoms with Crippen molar-refractivity contribution in [1.82, 2.24) is 4.98 Å². The topological polar surface area (TPSA) is 33.1 Å². The quantitative estimate of drug-likeness (QED) is 0.806. The molecular formula is C13H13NO. The molecule has 0 bridgehead atoms. The maximum absolute atomic E-state index is 9.22. The van der Waals surface area contributed by atoms with Crippen LogP contribution < -0.4 is 0 Å². The van der Waals surface area contributed by atoms with E-state index in [1.807, 2.05) is 18.2 Å². The van der Waals surface area contributed by atoms with Crippen LogP contribution in [0.2, 0.25) is 0 Å². The molecule has 0 atom stereocenters. The number of hydrogen-bond acceptors (Lipinski definition) is 2. The fraction of sp³-hybridized carbons (Fsp3) is 0.154. The first-order valence-corrected chi connectivity index (χ1v) is 4.92. The molecule has 0 unspecified atom stereocenters. The number of pyridine rings is 1. The molecule has 2 aromatic rings. The lowest BCUT2D eigenvalue weighted by Crippen LogP contribution is -1.90. The van der Waals surface area contributed by atoms with E-state index in [0.29, 0.717) is 0 Å². The number of rotatable bonds is 2. The average molecular weight is 199 g/mol. The molecule has 1 aromatic heterocycles. The van der Waals surface area contributed by atoms with Gasteiger partial charge in [0.15, 0.2) is 0 Å². The number of aromatic nitrogens is 1. The van der Waals surface area contributed by atoms with Crippen LogP contribution in [0.5, 0.6) is 0 Å². The Bertz CT molecular complexity index is 466. The maximum atomic E-state index is 9.22. The van der Waals surface area contributed by atoms with E-state index in [2.05, 4.69) is 24.0 Å². The summed E-state index contributed by atoms with van der Waals surface area (Å²) in [6.07, 6.45) is 3.49. The van der Waals surface area contributed by atoms with E-state index >= 15 is 0 Å². The van der Waals surface area contributed by atoms with Gasteiger partial charge in [-0.25, -0.2) is 0 Å². The molecule has 0 saturated carbocycles. The lowest BCUT2D eigenvalue weighted by molar-refractivity contribution is 0.282. The summed E-state index contributed by atoms with van der Waals surface area (Å²) in [7, 11) is 0. The third kappa shape index (κ3) is 2.05. The Morgan fingerprint density at radius 1 is 1.27 bits per heavy atom. The molecule has 0 aliphatic heterocycles. The van der Waals surface area contributed by atoms with Crippen LogP contribution in [0.3, 0.4) is 0 Å². The van der Waals surface area contributed by atoms with Gasteiger partial charge in [-0.3, -0.25) is 4.98 Å². The number of aryl methyl sites for hydroxylation is 1. The van der Waals surface area contributed by atoms with Crippen molar-refractivity contribution in [3.63, 3.8) is 0 Å². The number of nitrogens with zero attached hydrogens (tertiary/aromatic N) is 1. The van der Waals surface area contributed by atoms with Crippen LogP contribution in [0.1, 0.15) is 11.1 Å². The van der Waals surface area contributed by atoms with Crippen LogP contribution in [0.25, 0.3) is 11.1 Å². The second-order valence-electron chi connectivity index (χ2n) is 3.56. The Hall–Kier alpha value is -1.67. The Morgan fingerprint density at radius 3 is 2.87 bits per heavy atom. The van der Waals surface area contributed by atoms with Gasteiger partial charge in [-0.1, -0.05) is 29.8 Å². The van der Waals surface area contributed by atoms with Crippen molar-refractivity contribution in [3.05, 3.63) is 53.9 Å². The molecule has 76 valence electrons. The second kappa shape index (κ2) is 4.24. The SMILES string of the molecule is Cc1cccc(-c2cnccc2CO)c1. The summed E-state index contributed by atoms with van der Waals surface area (Å²) < 4.78 is 0. The van der Waals surface area contributed by atoms with Crippen molar-refractivity contribution >= 4 is 0 Å². The van der Waals surface area contributed by atoms with Gasteiger partial charge in [-0.05, 0) is 24.1 Å². The molecule has 0 aliphatic carbocycles. The minimum Gasteiger partial charge on any atom is -0.392 e. The number of benzene rings is 1. The fourth-order valence-corrected chi connectivity index (χ4v) is 1.63. The molecule has 0 radical (unpaired) electrons. The Labute approximate surface area is 89.2 Å². The molecule has 15 heavy (non-hydrogen) atoms. The zero-order valence-electron chi connectivity index (χ0n) is 8.64. The van der Waals surface area contributed by atoms with Crippen molar-refractivity contribution in [2.75, 3.05) is 0 Å². The summed E-state index contributed by atoms with van der Waals surface area (Å²) in [4.78, 5) is 4.09. The first-order chi connectivity index (χ1) is 7.31. The van der Waals surface area contributed by atoms with Gasteiger partial charge in [-0.15, -0.1) is 0 Å². The zero-order chi connectivity index (χ0) is 10.7. The van der Waals surface area contributed by atoms with Gasteiger partial charge in [0.2, 0.25) is 0 Å². The summed E-state index contributed by atoms with van der Waals surface area (Å²) in [5.41, 5.74) is 4.23. The van der Waals surface area contributed by atoms with Gasteiger partial charge >= 0.3 is 0 Å². The molecule has 0 saturated heterocycles. The van der Waals surface area contributed by atoms with Crippen LogP contribution in [0, 0.1) is 6.92 Å². The van der Waals surface area contributed by atoms with E-state index < -0.39 is 0 Å². The molecule has 0 aliphatic rings. The van der Waals surface area contributed by atoms with Crippen molar-refractivity contribution in [2.24, 2.45) is 0 Å². The lowest BCUT2D eigenvalue weighted by atomic mass is 10.0. The predicted octanol–water partition coefficient (Wildman–Crippen LogP) is 2.55. The second-order valence-corrected chi connectivity index (χ2v) is 3.56. The van der Waals surface area contributed by atoms with E-state index in [1.54, 1.807) is 12.4 Å².